The summed E-state index contributed by atoms with van der Waals surface area (Å²) >= 11 is 0. The number of alkyl halides is 4. The maximum Gasteiger partial charge on any atom is 0.421 e. The summed E-state index contributed by atoms with van der Waals surface area (Å²) in [4.78, 5) is 9.44. The normalized spacial score (nSPS) is 21.6. The van der Waals surface area contributed by atoms with Crippen LogP contribution in [0.25, 0.3) is 0 Å². The molecule has 1 aliphatic rings. The van der Waals surface area contributed by atoms with Crippen molar-refractivity contribution in [3.8, 4) is 0 Å². The molecule has 26 heavy (non-hydrogen) atoms. The maximum absolute atomic E-state index is 14.2. The average molecular weight is 373 g/mol. The summed E-state index contributed by atoms with van der Waals surface area (Å²) in [5.74, 6) is -0.344. The molecular formula is C15H19F4N7. The van der Waals surface area contributed by atoms with Gasteiger partial charge in [-0.05, 0) is 13.5 Å². The number of hydrogen-bond donors (Lipinski definition) is 2. The number of likely N-dealkylation sites (tertiary alicyclic amines) is 1. The van der Waals surface area contributed by atoms with Gasteiger partial charge >= 0.3 is 6.18 Å². The molecule has 0 spiro atoms. The molecule has 7 nitrogen and oxygen atoms in total. The van der Waals surface area contributed by atoms with E-state index in [0.29, 0.717) is 24.8 Å². The molecule has 0 bridgehead atoms. The lowest BCUT2D eigenvalue weighted by Crippen LogP contribution is -2.40. The first kappa shape index (κ1) is 18.4. The van der Waals surface area contributed by atoms with E-state index in [1.54, 1.807) is 6.20 Å². The van der Waals surface area contributed by atoms with E-state index >= 15 is 0 Å². The monoisotopic (exact) mass is 373 g/mol. The van der Waals surface area contributed by atoms with Crippen LogP contribution in [0.1, 0.15) is 18.0 Å². The molecule has 142 valence electrons. The van der Waals surface area contributed by atoms with Crippen molar-refractivity contribution in [3.63, 3.8) is 0 Å². The molecule has 1 aliphatic heterocycles. The van der Waals surface area contributed by atoms with Crippen molar-refractivity contribution in [2.45, 2.75) is 24.8 Å². The Morgan fingerprint density at radius 1 is 1.27 bits per heavy atom. The Kier molecular flexibility index (Phi) is 4.99. The van der Waals surface area contributed by atoms with Crippen molar-refractivity contribution in [2.75, 3.05) is 37.8 Å². The fraction of sp³-hybridized carbons (Fsp3) is 0.533. The second-order valence-corrected chi connectivity index (χ2v) is 6.17. The number of hydrogen-bond acceptors (Lipinski definition) is 6. The quantitative estimate of drug-likeness (QED) is 0.803. The molecule has 0 radical (unpaired) electrons. The molecular weight excluding hydrogens is 354 g/mol. The van der Waals surface area contributed by atoms with Gasteiger partial charge in [-0.1, -0.05) is 0 Å². The fourth-order valence-electron chi connectivity index (χ4n) is 2.90. The Labute approximate surface area is 147 Å². The Morgan fingerprint density at radius 2 is 2.04 bits per heavy atom. The van der Waals surface area contributed by atoms with Gasteiger partial charge in [0.25, 0.3) is 0 Å². The van der Waals surface area contributed by atoms with Crippen LogP contribution in [0, 0.1) is 0 Å². The van der Waals surface area contributed by atoms with Gasteiger partial charge in [-0.2, -0.15) is 23.3 Å². The minimum Gasteiger partial charge on any atom is -0.372 e. The Balaban J connectivity index is 1.75. The molecule has 3 rings (SSSR count). The molecule has 11 heteroatoms. The summed E-state index contributed by atoms with van der Waals surface area (Å²) in [6, 6.07) is -0.372. The molecule has 0 aliphatic carbocycles. The van der Waals surface area contributed by atoms with Crippen LogP contribution in [0.2, 0.25) is 0 Å². The molecule has 3 heterocycles. The average Bonchev–Trinajstić information content (AvgIpc) is 3.01. The summed E-state index contributed by atoms with van der Waals surface area (Å²) in [5.41, 5.74) is -0.481. The minimum absolute atomic E-state index is 0.0120. The van der Waals surface area contributed by atoms with Gasteiger partial charge in [-0.25, -0.2) is 9.37 Å². The number of rotatable bonds is 4. The molecule has 0 unspecified atom stereocenters. The summed E-state index contributed by atoms with van der Waals surface area (Å²) in [7, 11) is 3.21. The lowest BCUT2D eigenvalue weighted by Gasteiger charge is -2.32. The van der Waals surface area contributed by atoms with Gasteiger partial charge in [0.2, 0.25) is 5.95 Å². The van der Waals surface area contributed by atoms with E-state index in [1.807, 2.05) is 11.9 Å². The van der Waals surface area contributed by atoms with Gasteiger partial charge in [-0.3, -0.25) is 4.68 Å². The van der Waals surface area contributed by atoms with E-state index in [2.05, 4.69) is 25.7 Å². The lowest BCUT2D eigenvalue weighted by molar-refractivity contribution is -0.137. The van der Waals surface area contributed by atoms with Crippen LogP contribution in [0.3, 0.4) is 0 Å². The molecule has 0 aromatic carbocycles. The number of anilines is 3. The Morgan fingerprint density at radius 3 is 2.69 bits per heavy atom. The van der Waals surface area contributed by atoms with Crippen molar-refractivity contribution < 1.29 is 17.6 Å². The molecule has 0 amide bonds. The molecule has 2 aromatic heterocycles. The van der Waals surface area contributed by atoms with Gasteiger partial charge in [0, 0.05) is 32.5 Å². The Hall–Kier alpha value is -2.43. The highest BCUT2D eigenvalue weighted by atomic mass is 19.4. The summed E-state index contributed by atoms with van der Waals surface area (Å²) in [5, 5.41) is 9.36. The molecule has 0 saturated carbocycles. The van der Waals surface area contributed by atoms with Crippen molar-refractivity contribution in [1.82, 2.24) is 24.6 Å². The SMILES string of the molecule is CNc1nc(Nc2cnn([C@@H]3CCN(C)C[C@H]3F)c2)ncc1C(F)(F)F. The molecule has 2 N–H and O–H groups in total. The van der Waals surface area contributed by atoms with E-state index < -0.39 is 17.9 Å². The van der Waals surface area contributed by atoms with Crippen LogP contribution in [0.4, 0.5) is 35.0 Å². The van der Waals surface area contributed by atoms with Gasteiger partial charge in [0.1, 0.15) is 17.6 Å². The zero-order valence-electron chi connectivity index (χ0n) is 14.3. The predicted molar refractivity (Wildman–Crippen MR) is 88.1 cm³/mol. The standard InChI is InChI=1S/C15H19F4N7/c1-20-13-10(15(17,18)19)6-21-14(24-13)23-9-5-22-26(7-9)12-3-4-25(2)8-11(12)16/h5-7,11-12H,3-4,8H2,1-2H3,(H2,20,21,23,24)/t11-,12-/m1/s1. The van der Waals surface area contributed by atoms with Crippen molar-refractivity contribution in [3.05, 3.63) is 24.2 Å². The third-order valence-corrected chi connectivity index (χ3v) is 4.24. The van der Waals surface area contributed by atoms with E-state index in [9.17, 15) is 17.6 Å². The third kappa shape index (κ3) is 3.87. The van der Waals surface area contributed by atoms with E-state index in [4.69, 9.17) is 0 Å². The zero-order valence-corrected chi connectivity index (χ0v) is 14.3. The van der Waals surface area contributed by atoms with Crippen LogP contribution in [0.5, 0.6) is 0 Å². The zero-order chi connectivity index (χ0) is 18.9. The molecule has 1 saturated heterocycles. The number of nitrogens with zero attached hydrogens (tertiary/aromatic N) is 5. The van der Waals surface area contributed by atoms with Crippen LogP contribution in [-0.4, -0.2) is 58.0 Å². The minimum atomic E-state index is -4.55. The van der Waals surface area contributed by atoms with E-state index in [1.165, 1.54) is 17.9 Å². The first-order valence-electron chi connectivity index (χ1n) is 8.03. The van der Waals surface area contributed by atoms with Crippen LogP contribution >= 0.6 is 0 Å². The smallest absolute Gasteiger partial charge is 0.372 e. The number of nitrogens with one attached hydrogen (secondary N) is 2. The summed E-state index contributed by atoms with van der Waals surface area (Å²) < 4.78 is 54.4. The number of aromatic nitrogens is 4. The predicted octanol–water partition coefficient (Wildman–Crippen LogP) is 2.69. The van der Waals surface area contributed by atoms with Gasteiger partial charge in [0.05, 0.1) is 17.9 Å². The van der Waals surface area contributed by atoms with Gasteiger partial charge in [0.15, 0.2) is 0 Å². The third-order valence-electron chi connectivity index (χ3n) is 4.24. The lowest BCUT2D eigenvalue weighted by atomic mass is 10.0. The highest BCUT2D eigenvalue weighted by Crippen LogP contribution is 2.34. The highest BCUT2D eigenvalue weighted by Gasteiger charge is 2.35. The highest BCUT2D eigenvalue weighted by molar-refractivity contribution is 5.55. The van der Waals surface area contributed by atoms with Crippen LogP contribution in [-0.2, 0) is 6.18 Å². The second-order valence-electron chi connectivity index (χ2n) is 6.17. The molecule has 2 atom stereocenters. The van der Waals surface area contributed by atoms with Crippen molar-refractivity contribution in [1.29, 1.82) is 0 Å². The number of piperidine rings is 1. The Bertz CT molecular complexity index is 761. The largest absolute Gasteiger partial charge is 0.421 e. The van der Waals surface area contributed by atoms with Gasteiger partial charge in [-0.15, -0.1) is 0 Å². The molecule has 2 aromatic rings. The summed E-state index contributed by atoms with van der Waals surface area (Å²) in [6.07, 6.45) is -1.20. The van der Waals surface area contributed by atoms with Crippen molar-refractivity contribution >= 4 is 17.5 Å². The first-order valence-corrected chi connectivity index (χ1v) is 8.03. The van der Waals surface area contributed by atoms with Crippen molar-refractivity contribution in [2.24, 2.45) is 0 Å². The maximum atomic E-state index is 14.2. The van der Waals surface area contributed by atoms with Gasteiger partial charge < -0.3 is 15.5 Å². The fourth-order valence-corrected chi connectivity index (χ4v) is 2.90. The summed E-state index contributed by atoms with van der Waals surface area (Å²) in [6.45, 7) is 1.10. The van der Waals surface area contributed by atoms with Crippen LogP contribution < -0.4 is 10.6 Å². The van der Waals surface area contributed by atoms with E-state index in [-0.39, 0.29) is 17.8 Å². The first-order chi connectivity index (χ1) is 12.3. The number of halogens is 4. The topological polar surface area (TPSA) is 70.9 Å². The van der Waals surface area contributed by atoms with Crippen LogP contribution in [0.15, 0.2) is 18.6 Å². The van der Waals surface area contributed by atoms with E-state index in [0.717, 1.165) is 6.54 Å². The second kappa shape index (κ2) is 7.06. The molecule has 1 fully saturated rings.